The molecule has 0 bridgehead atoms. The average Bonchev–Trinajstić information content (AvgIpc) is 3.31. The van der Waals surface area contributed by atoms with Gasteiger partial charge in [0.15, 0.2) is 14.9 Å². The Bertz CT molecular complexity index is 1150. The highest BCUT2D eigenvalue weighted by molar-refractivity contribution is 7.90. The van der Waals surface area contributed by atoms with Gasteiger partial charge < -0.3 is 24.0 Å². The van der Waals surface area contributed by atoms with Crippen LogP contribution in [0.3, 0.4) is 0 Å². The Morgan fingerprint density at radius 3 is 2.65 bits per heavy atom. The van der Waals surface area contributed by atoms with Crippen molar-refractivity contribution in [3.63, 3.8) is 0 Å². The number of rotatable bonds is 5. The molecule has 0 saturated carbocycles. The van der Waals surface area contributed by atoms with E-state index in [1.165, 1.54) is 6.07 Å². The lowest BCUT2D eigenvalue weighted by molar-refractivity contribution is -0.137. The SMILES string of the molecule is CS(=O)(=O)c1ccc(N2CCOc3ccc(OC4CCN(C(=O)C5CCOCC5)C4)cc32)cn1. The van der Waals surface area contributed by atoms with Gasteiger partial charge in [0.1, 0.15) is 24.2 Å². The van der Waals surface area contributed by atoms with Gasteiger partial charge in [0.25, 0.3) is 0 Å². The van der Waals surface area contributed by atoms with Crippen LogP contribution in [-0.2, 0) is 19.4 Å². The van der Waals surface area contributed by atoms with E-state index in [1.54, 1.807) is 12.3 Å². The third-order valence-corrected chi connectivity index (χ3v) is 7.54. The van der Waals surface area contributed by atoms with Crippen molar-refractivity contribution in [2.24, 2.45) is 5.92 Å². The Balaban J connectivity index is 1.28. The topological polar surface area (TPSA) is 98.3 Å². The van der Waals surface area contributed by atoms with E-state index < -0.39 is 9.84 Å². The maximum Gasteiger partial charge on any atom is 0.225 e. The van der Waals surface area contributed by atoms with Gasteiger partial charge in [0.05, 0.1) is 30.7 Å². The minimum Gasteiger partial charge on any atom is -0.490 e. The second-order valence-corrected chi connectivity index (χ2v) is 10.9. The van der Waals surface area contributed by atoms with Crippen molar-refractivity contribution in [2.75, 3.05) is 50.6 Å². The highest BCUT2D eigenvalue weighted by Gasteiger charge is 2.33. The molecule has 9 nitrogen and oxygen atoms in total. The van der Waals surface area contributed by atoms with Gasteiger partial charge in [-0.2, -0.15) is 0 Å². The van der Waals surface area contributed by atoms with Gasteiger partial charge in [0.2, 0.25) is 5.91 Å². The van der Waals surface area contributed by atoms with Crippen molar-refractivity contribution >= 4 is 27.1 Å². The highest BCUT2D eigenvalue weighted by Crippen LogP contribution is 2.39. The zero-order valence-corrected chi connectivity index (χ0v) is 20.0. The van der Waals surface area contributed by atoms with Gasteiger partial charge in [-0.3, -0.25) is 4.79 Å². The van der Waals surface area contributed by atoms with E-state index in [9.17, 15) is 13.2 Å². The molecule has 4 heterocycles. The summed E-state index contributed by atoms with van der Waals surface area (Å²) in [5.41, 5.74) is 1.62. The number of aromatic nitrogens is 1. The molecule has 182 valence electrons. The number of fused-ring (bicyclic) bond motifs is 1. The molecule has 34 heavy (non-hydrogen) atoms. The van der Waals surface area contributed by atoms with Crippen LogP contribution >= 0.6 is 0 Å². The summed E-state index contributed by atoms with van der Waals surface area (Å²) in [7, 11) is -3.36. The van der Waals surface area contributed by atoms with Crippen LogP contribution in [0.4, 0.5) is 11.4 Å². The summed E-state index contributed by atoms with van der Waals surface area (Å²) in [6, 6.07) is 8.97. The molecule has 1 aromatic carbocycles. The van der Waals surface area contributed by atoms with E-state index in [2.05, 4.69) is 4.98 Å². The Morgan fingerprint density at radius 1 is 1.09 bits per heavy atom. The zero-order chi connectivity index (χ0) is 23.7. The summed E-state index contributed by atoms with van der Waals surface area (Å²) >= 11 is 0. The number of pyridine rings is 1. The van der Waals surface area contributed by atoms with Gasteiger partial charge in [-0.05, 0) is 37.1 Å². The third kappa shape index (κ3) is 4.83. The highest BCUT2D eigenvalue weighted by atomic mass is 32.2. The van der Waals surface area contributed by atoms with E-state index in [1.807, 2.05) is 28.0 Å². The third-order valence-electron chi connectivity index (χ3n) is 6.54. The molecule has 0 spiro atoms. The Hall–Kier alpha value is -2.85. The zero-order valence-electron chi connectivity index (χ0n) is 19.2. The summed E-state index contributed by atoms with van der Waals surface area (Å²) in [6.07, 6.45) is 5.03. The van der Waals surface area contributed by atoms with Crippen molar-refractivity contribution in [3.8, 4) is 11.5 Å². The molecule has 1 aromatic heterocycles. The van der Waals surface area contributed by atoms with Crippen LogP contribution in [0, 0.1) is 5.92 Å². The van der Waals surface area contributed by atoms with Gasteiger partial charge >= 0.3 is 0 Å². The fourth-order valence-corrected chi connectivity index (χ4v) is 5.27. The van der Waals surface area contributed by atoms with Crippen LogP contribution in [-0.4, -0.2) is 76.0 Å². The number of nitrogens with zero attached hydrogens (tertiary/aromatic N) is 3. The molecule has 0 N–H and O–H groups in total. The largest absolute Gasteiger partial charge is 0.490 e. The van der Waals surface area contributed by atoms with E-state index in [0.717, 1.165) is 42.6 Å². The van der Waals surface area contributed by atoms with Gasteiger partial charge in [0, 0.05) is 44.4 Å². The molecule has 1 unspecified atom stereocenters. The second-order valence-electron chi connectivity index (χ2n) is 8.96. The molecular weight excluding hydrogens is 458 g/mol. The first kappa shape index (κ1) is 22.9. The van der Waals surface area contributed by atoms with E-state index in [-0.39, 0.29) is 23.0 Å². The van der Waals surface area contributed by atoms with Crippen LogP contribution in [0.5, 0.6) is 11.5 Å². The van der Waals surface area contributed by atoms with Gasteiger partial charge in [-0.25, -0.2) is 13.4 Å². The van der Waals surface area contributed by atoms with Gasteiger partial charge in [-0.1, -0.05) is 0 Å². The number of hydrogen-bond acceptors (Lipinski definition) is 8. The molecule has 2 aromatic rings. The lowest BCUT2D eigenvalue weighted by Gasteiger charge is -2.31. The summed E-state index contributed by atoms with van der Waals surface area (Å²) in [4.78, 5) is 20.9. The predicted octanol–water partition coefficient (Wildman–Crippen LogP) is 2.42. The number of likely N-dealkylation sites (tertiary alicyclic amines) is 1. The number of carbonyl (C=O) groups is 1. The summed E-state index contributed by atoms with van der Waals surface area (Å²) < 4.78 is 40.9. The number of ether oxygens (including phenoxy) is 3. The maximum atomic E-state index is 12.8. The fourth-order valence-electron chi connectivity index (χ4n) is 4.71. The molecule has 1 atom stereocenters. The summed E-state index contributed by atoms with van der Waals surface area (Å²) in [5.74, 6) is 1.71. The van der Waals surface area contributed by atoms with Crippen molar-refractivity contribution in [1.82, 2.24) is 9.88 Å². The molecule has 3 aliphatic rings. The second kappa shape index (κ2) is 9.42. The lowest BCUT2D eigenvalue weighted by atomic mass is 9.99. The number of sulfone groups is 1. The fraction of sp³-hybridized carbons (Fsp3) is 0.500. The molecule has 5 rings (SSSR count). The first-order valence-corrected chi connectivity index (χ1v) is 13.5. The van der Waals surface area contributed by atoms with Crippen molar-refractivity contribution in [1.29, 1.82) is 0 Å². The van der Waals surface area contributed by atoms with E-state index >= 15 is 0 Å². The number of hydrogen-bond donors (Lipinski definition) is 0. The first-order chi connectivity index (χ1) is 16.4. The molecule has 10 heteroatoms. The molecule has 1 amide bonds. The first-order valence-electron chi connectivity index (χ1n) is 11.6. The standard InChI is InChI=1S/C24H29N3O6S/c1-34(29,30)23-5-2-18(15-25-23)27-10-13-32-22-4-3-19(14-21(22)27)33-20-6-9-26(16-20)24(28)17-7-11-31-12-8-17/h2-5,14-15,17,20H,6-13,16H2,1H3. The van der Waals surface area contributed by atoms with Crippen LogP contribution in [0.15, 0.2) is 41.6 Å². The number of carbonyl (C=O) groups excluding carboxylic acids is 1. The predicted molar refractivity (Wildman–Crippen MR) is 125 cm³/mol. The van der Waals surface area contributed by atoms with E-state index in [4.69, 9.17) is 14.2 Å². The number of benzene rings is 1. The summed E-state index contributed by atoms with van der Waals surface area (Å²) in [6.45, 7) is 3.72. The molecule has 3 aliphatic heterocycles. The lowest BCUT2D eigenvalue weighted by Crippen LogP contribution is -2.38. The van der Waals surface area contributed by atoms with Gasteiger partial charge in [-0.15, -0.1) is 0 Å². The normalized spacial score (nSPS) is 21.1. The molecule has 0 aliphatic carbocycles. The van der Waals surface area contributed by atoms with Crippen LogP contribution in [0.2, 0.25) is 0 Å². The average molecular weight is 488 g/mol. The van der Waals surface area contributed by atoms with Crippen molar-refractivity contribution in [3.05, 3.63) is 36.5 Å². The number of amides is 1. The van der Waals surface area contributed by atoms with Crippen LogP contribution in [0.1, 0.15) is 19.3 Å². The molecule has 0 radical (unpaired) electrons. The Labute approximate surface area is 199 Å². The van der Waals surface area contributed by atoms with Crippen LogP contribution < -0.4 is 14.4 Å². The van der Waals surface area contributed by atoms with Crippen molar-refractivity contribution in [2.45, 2.75) is 30.4 Å². The number of anilines is 2. The van der Waals surface area contributed by atoms with Crippen molar-refractivity contribution < 1.29 is 27.4 Å². The molecular formula is C24H29N3O6S. The monoisotopic (exact) mass is 487 g/mol. The maximum absolute atomic E-state index is 12.8. The summed E-state index contributed by atoms with van der Waals surface area (Å²) in [5, 5.41) is 0.0444. The minimum absolute atomic E-state index is 0.0444. The Kier molecular flexibility index (Phi) is 6.35. The quantitative estimate of drug-likeness (QED) is 0.634. The minimum atomic E-state index is -3.36. The Morgan fingerprint density at radius 2 is 1.91 bits per heavy atom. The van der Waals surface area contributed by atoms with Crippen LogP contribution in [0.25, 0.3) is 0 Å². The van der Waals surface area contributed by atoms with E-state index in [0.29, 0.717) is 45.2 Å². The molecule has 2 saturated heterocycles. The molecule has 2 fully saturated rings. The smallest absolute Gasteiger partial charge is 0.225 e.